The van der Waals surface area contributed by atoms with Crippen LogP contribution >= 0.6 is 11.8 Å². The van der Waals surface area contributed by atoms with Crippen LogP contribution in [0.15, 0.2) is 64.1 Å². The number of allylic oxidation sites excluding steroid dienone is 1. The van der Waals surface area contributed by atoms with Gasteiger partial charge in [-0.1, -0.05) is 38.1 Å². The topological polar surface area (TPSA) is 37.4 Å². The van der Waals surface area contributed by atoms with E-state index in [0.717, 1.165) is 11.1 Å². The van der Waals surface area contributed by atoms with Crippen LogP contribution in [0.5, 0.6) is 0 Å². The maximum atomic E-state index is 13.2. The highest BCUT2D eigenvalue weighted by atomic mass is 32.2. The number of carbonyl (C=O) groups is 2. The molecule has 0 saturated heterocycles. The minimum absolute atomic E-state index is 0.182. The van der Waals surface area contributed by atoms with Gasteiger partial charge in [-0.25, -0.2) is 4.90 Å². The zero-order valence-electron chi connectivity index (χ0n) is 14.2. The maximum absolute atomic E-state index is 13.2. The van der Waals surface area contributed by atoms with Gasteiger partial charge in [0.25, 0.3) is 11.8 Å². The highest BCUT2D eigenvalue weighted by molar-refractivity contribution is 8.04. The molecular formula is C20H19NO2S. The van der Waals surface area contributed by atoms with E-state index in [2.05, 4.69) is 32.3 Å². The Kier molecular flexibility index (Phi) is 3.05. The molecule has 0 saturated carbocycles. The fraction of sp³-hybridized carbons (Fsp3) is 0.300. The van der Waals surface area contributed by atoms with Crippen molar-refractivity contribution in [3.63, 3.8) is 0 Å². The molecule has 24 heavy (non-hydrogen) atoms. The molecule has 1 aromatic rings. The Bertz CT molecular complexity index is 876. The number of imide groups is 1. The molecule has 2 aliphatic heterocycles. The van der Waals surface area contributed by atoms with Gasteiger partial charge >= 0.3 is 0 Å². The average Bonchev–Trinajstić information content (AvgIpc) is 3.07. The molecule has 1 unspecified atom stereocenters. The van der Waals surface area contributed by atoms with E-state index in [0.29, 0.717) is 16.8 Å². The Morgan fingerprint density at radius 1 is 1.00 bits per heavy atom. The number of carbonyl (C=O) groups excluding carboxylic acids is 2. The normalized spacial score (nSPS) is 27.9. The third-order valence-corrected chi connectivity index (χ3v) is 7.22. The lowest BCUT2D eigenvalue weighted by Gasteiger charge is -2.46. The van der Waals surface area contributed by atoms with Crippen LogP contribution in [-0.4, -0.2) is 16.6 Å². The van der Waals surface area contributed by atoms with Crippen LogP contribution < -0.4 is 4.90 Å². The van der Waals surface area contributed by atoms with Gasteiger partial charge in [0.2, 0.25) is 0 Å². The third kappa shape index (κ3) is 1.64. The summed E-state index contributed by atoms with van der Waals surface area (Å²) in [5.74, 6) is -0.384. The first kappa shape index (κ1) is 15.5. The van der Waals surface area contributed by atoms with E-state index in [9.17, 15) is 9.59 Å². The Morgan fingerprint density at radius 2 is 1.67 bits per heavy atom. The Balaban J connectivity index is 1.94. The van der Waals surface area contributed by atoms with Crippen molar-refractivity contribution in [3.8, 4) is 0 Å². The first-order chi connectivity index (χ1) is 11.3. The van der Waals surface area contributed by atoms with E-state index in [1.165, 1.54) is 4.90 Å². The summed E-state index contributed by atoms with van der Waals surface area (Å²) in [7, 11) is 0. The van der Waals surface area contributed by atoms with Crippen molar-refractivity contribution in [2.75, 3.05) is 4.90 Å². The van der Waals surface area contributed by atoms with Gasteiger partial charge < -0.3 is 0 Å². The highest BCUT2D eigenvalue weighted by Crippen LogP contribution is 2.61. The van der Waals surface area contributed by atoms with Crippen molar-refractivity contribution in [2.45, 2.75) is 32.4 Å². The second kappa shape index (κ2) is 4.73. The quantitative estimate of drug-likeness (QED) is 0.720. The number of hydrogen-bond acceptors (Lipinski definition) is 3. The molecule has 0 bridgehead atoms. The first-order valence-corrected chi connectivity index (χ1v) is 8.93. The first-order valence-electron chi connectivity index (χ1n) is 8.05. The maximum Gasteiger partial charge on any atom is 0.266 e. The summed E-state index contributed by atoms with van der Waals surface area (Å²) in [6, 6.07) is 9.18. The van der Waals surface area contributed by atoms with Crippen LogP contribution in [0.25, 0.3) is 0 Å². The number of fused-ring (bicyclic) bond motifs is 1. The summed E-state index contributed by atoms with van der Waals surface area (Å²) in [6.45, 7) is 8.29. The molecule has 122 valence electrons. The number of nitrogens with zero attached hydrogens (tertiary/aromatic N) is 1. The molecule has 0 aromatic heterocycles. The smallest absolute Gasteiger partial charge is 0.266 e. The van der Waals surface area contributed by atoms with Crippen LogP contribution in [0.4, 0.5) is 5.69 Å². The van der Waals surface area contributed by atoms with Crippen molar-refractivity contribution in [1.82, 2.24) is 0 Å². The SMILES string of the molecule is CC1=C2C=CSC2(C)C(C)(C)C2=C1C(=O)N(c1ccccc1)C2=O. The molecule has 1 aliphatic carbocycles. The van der Waals surface area contributed by atoms with Gasteiger partial charge in [-0.15, -0.1) is 11.8 Å². The Morgan fingerprint density at radius 3 is 2.33 bits per heavy atom. The van der Waals surface area contributed by atoms with Crippen LogP contribution in [-0.2, 0) is 9.59 Å². The molecular weight excluding hydrogens is 318 g/mol. The molecule has 0 N–H and O–H groups in total. The largest absolute Gasteiger partial charge is 0.269 e. The van der Waals surface area contributed by atoms with Gasteiger partial charge in [0, 0.05) is 11.0 Å². The van der Waals surface area contributed by atoms with E-state index in [4.69, 9.17) is 0 Å². The van der Waals surface area contributed by atoms with Crippen molar-refractivity contribution < 1.29 is 9.59 Å². The second-order valence-electron chi connectivity index (χ2n) is 7.15. The van der Waals surface area contributed by atoms with E-state index in [1.54, 1.807) is 23.9 Å². The van der Waals surface area contributed by atoms with Crippen molar-refractivity contribution in [3.05, 3.63) is 64.1 Å². The number of benzene rings is 1. The molecule has 0 radical (unpaired) electrons. The molecule has 3 nitrogen and oxygen atoms in total. The minimum Gasteiger partial charge on any atom is -0.269 e. The zero-order valence-corrected chi connectivity index (χ0v) is 15.0. The van der Waals surface area contributed by atoms with E-state index >= 15 is 0 Å². The molecule has 4 rings (SSSR count). The number of para-hydroxylation sites is 1. The number of amides is 2. The lowest BCUT2D eigenvalue weighted by molar-refractivity contribution is -0.120. The summed E-state index contributed by atoms with van der Waals surface area (Å²) in [4.78, 5) is 27.7. The molecule has 0 fully saturated rings. The fourth-order valence-electron chi connectivity index (χ4n) is 4.07. The lowest BCUT2D eigenvalue weighted by atomic mass is 9.63. The predicted molar refractivity (Wildman–Crippen MR) is 97.6 cm³/mol. The predicted octanol–water partition coefficient (Wildman–Crippen LogP) is 4.23. The molecule has 1 atom stereocenters. The Hall–Kier alpha value is -2.07. The monoisotopic (exact) mass is 337 g/mol. The Labute approximate surface area is 146 Å². The number of thioether (sulfide) groups is 1. The molecule has 3 aliphatic rings. The molecule has 1 aromatic carbocycles. The highest BCUT2D eigenvalue weighted by Gasteiger charge is 2.58. The zero-order chi connectivity index (χ0) is 17.3. The minimum atomic E-state index is -0.429. The van der Waals surface area contributed by atoms with Gasteiger partial charge in [0.05, 0.1) is 16.0 Å². The van der Waals surface area contributed by atoms with Crippen molar-refractivity contribution in [1.29, 1.82) is 0 Å². The van der Waals surface area contributed by atoms with Gasteiger partial charge in [0.15, 0.2) is 0 Å². The van der Waals surface area contributed by atoms with E-state index < -0.39 is 5.41 Å². The van der Waals surface area contributed by atoms with Crippen LogP contribution in [0, 0.1) is 5.41 Å². The van der Waals surface area contributed by atoms with Gasteiger partial charge in [-0.3, -0.25) is 9.59 Å². The summed E-state index contributed by atoms with van der Waals surface area (Å²) in [5, 5.41) is 2.08. The lowest BCUT2D eigenvalue weighted by Crippen LogP contribution is -2.45. The number of anilines is 1. The summed E-state index contributed by atoms with van der Waals surface area (Å²) < 4.78 is -0.224. The molecule has 2 heterocycles. The van der Waals surface area contributed by atoms with Crippen LogP contribution in [0.1, 0.15) is 27.7 Å². The second-order valence-corrected chi connectivity index (χ2v) is 8.47. The fourth-order valence-corrected chi connectivity index (χ4v) is 5.29. The molecule has 0 spiro atoms. The van der Waals surface area contributed by atoms with E-state index in [1.807, 2.05) is 25.1 Å². The van der Waals surface area contributed by atoms with Gasteiger partial charge in [0.1, 0.15) is 0 Å². The summed E-state index contributed by atoms with van der Waals surface area (Å²) in [5.41, 5.74) is 3.54. The number of rotatable bonds is 1. The molecule has 4 heteroatoms. The van der Waals surface area contributed by atoms with Crippen LogP contribution in [0.3, 0.4) is 0 Å². The average molecular weight is 337 g/mol. The third-order valence-electron chi connectivity index (χ3n) is 5.75. The summed E-state index contributed by atoms with van der Waals surface area (Å²) >= 11 is 1.73. The standard InChI is InChI=1S/C20H19NO2S/c1-12-14-10-11-24-20(14,4)19(2,3)16-15(12)17(22)21(18(16)23)13-8-6-5-7-9-13/h5-11H,1-4H3. The van der Waals surface area contributed by atoms with Gasteiger partial charge in [-0.2, -0.15) is 0 Å². The van der Waals surface area contributed by atoms with Crippen LogP contribution in [0.2, 0.25) is 0 Å². The number of hydrogen-bond donors (Lipinski definition) is 0. The van der Waals surface area contributed by atoms with Gasteiger partial charge in [-0.05, 0) is 42.5 Å². The summed E-state index contributed by atoms with van der Waals surface area (Å²) in [6.07, 6.45) is 2.09. The van der Waals surface area contributed by atoms with Crippen molar-refractivity contribution >= 4 is 29.3 Å². The molecule has 2 amide bonds. The van der Waals surface area contributed by atoms with E-state index in [-0.39, 0.29) is 16.6 Å². The van der Waals surface area contributed by atoms with Crippen molar-refractivity contribution in [2.24, 2.45) is 5.41 Å².